The molecule has 1 spiro atoms. The van der Waals surface area contributed by atoms with Crippen molar-refractivity contribution in [2.75, 3.05) is 24.5 Å². The van der Waals surface area contributed by atoms with E-state index in [0.29, 0.717) is 11.1 Å². The zero-order valence-electron chi connectivity index (χ0n) is 9.11. The van der Waals surface area contributed by atoms with Crippen molar-refractivity contribution < 1.29 is 0 Å². The second-order valence-electron chi connectivity index (χ2n) is 4.60. The smallest absolute Gasteiger partial charge is 0.129 e. The van der Waals surface area contributed by atoms with E-state index in [1.807, 2.05) is 12.1 Å². The molecule has 2 fully saturated rings. The Morgan fingerprint density at radius 1 is 1.44 bits per heavy atom. The number of nitrogens with one attached hydrogen (secondary N) is 1. The predicted molar refractivity (Wildman–Crippen MR) is 61.1 cm³/mol. The maximum Gasteiger partial charge on any atom is 0.129 e. The van der Waals surface area contributed by atoms with Gasteiger partial charge < -0.3 is 10.2 Å². The van der Waals surface area contributed by atoms with Crippen LogP contribution in [0.3, 0.4) is 0 Å². The zero-order valence-corrected chi connectivity index (χ0v) is 9.11. The highest BCUT2D eigenvalue weighted by Crippen LogP contribution is 2.35. The van der Waals surface area contributed by atoms with E-state index in [-0.39, 0.29) is 0 Å². The number of nitrogens with zero attached hydrogens (tertiary/aromatic N) is 3. The highest BCUT2D eigenvalue weighted by Gasteiger charge is 2.46. The average molecular weight is 214 g/mol. The molecule has 0 aromatic carbocycles. The third kappa shape index (κ3) is 1.29. The van der Waals surface area contributed by atoms with E-state index >= 15 is 0 Å². The molecule has 2 aliphatic heterocycles. The highest BCUT2D eigenvalue weighted by atomic mass is 15.3. The topological polar surface area (TPSA) is 52.0 Å². The molecular weight excluding hydrogens is 200 g/mol. The number of rotatable bonds is 1. The molecule has 82 valence electrons. The Kier molecular flexibility index (Phi) is 2.08. The van der Waals surface area contributed by atoms with E-state index in [4.69, 9.17) is 5.26 Å². The van der Waals surface area contributed by atoms with E-state index in [2.05, 4.69) is 21.3 Å². The van der Waals surface area contributed by atoms with Crippen molar-refractivity contribution in [1.82, 2.24) is 10.3 Å². The minimum Gasteiger partial charge on any atom is -0.348 e. The predicted octanol–water partition coefficient (Wildman–Crippen LogP) is 0.895. The number of hydrogen-bond donors (Lipinski definition) is 1. The molecule has 2 saturated heterocycles. The van der Waals surface area contributed by atoms with Crippen LogP contribution >= 0.6 is 0 Å². The van der Waals surface area contributed by atoms with Crippen LogP contribution in [0.2, 0.25) is 0 Å². The molecule has 1 N–H and O–H groups in total. The minimum absolute atomic E-state index is 0.307. The van der Waals surface area contributed by atoms with E-state index in [9.17, 15) is 0 Å². The standard InChI is InChI=1S/C12H14N4/c13-6-10-2-3-11(15-7-10)16-5-1-4-12(16)8-14-9-12/h2-3,7,14H,1,4-5,8-9H2. The van der Waals surface area contributed by atoms with Crippen molar-refractivity contribution in [3.05, 3.63) is 23.9 Å². The van der Waals surface area contributed by atoms with Crippen LogP contribution in [-0.4, -0.2) is 30.2 Å². The van der Waals surface area contributed by atoms with Gasteiger partial charge in [0.1, 0.15) is 11.9 Å². The Bertz CT molecular complexity index is 427. The van der Waals surface area contributed by atoms with Crippen molar-refractivity contribution in [1.29, 1.82) is 5.26 Å². The molecule has 4 nitrogen and oxygen atoms in total. The minimum atomic E-state index is 0.307. The van der Waals surface area contributed by atoms with Gasteiger partial charge in [0.2, 0.25) is 0 Å². The highest BCUT2D eigenvalue weighted by molar-refractivity contribution is 5.47. The van der Waals surface area contributed by atoms with Gasteiger partial charge in [-0.25, -0.2) is 4.98 Å². The number of anilines is 1. The third-order valence-electron chi connectivity index (χ3n) is 3.66. The molecular formula is C12H14N4. The molecule has 16 heavy (non-hydrogen) atoms. The van der Waals surface area contributed by atoms with Gasteiger partial charge in [-0.3, -0.25) is 0 Å². The molecule has 4 heteroatoms. The van der Waals surface area contributed by atoms with Crippen LogP contribution in [0.4, 0.5) is 5.82 Å². The van der Waals surface area contributed by atoms with Gasteiger partial charge in [0.15, 0.2) is 0 Å². The maximum atomic E-state index is 8.74. The summed E-state index contributed by atoms with van der Waals surface area (Å²) in [6.45, 7) is 3.21. The van der Waals surface area contributed by atoms with Crippen LogP contribution in [-0.2, 0) is 0 Å². The van der Waals surface area contributed by atoms with Crippen LogP contribution in [0.1, 0.15) is 18.4 Å². The first kappa shape index (κ1) is 9.61. The van der Waals surface area contributed by atoms with Gasteiger partial charge in [0, 0.05) is 25.8 Å². The molecule has 3 heterocycles. The molecule has 1 aromatic heterocycles. The Morgan fingerprint density at radius 3 is 2.88 bits per heavy atom. The van der Waals surface area contributed by atoms with Gasteiger partial charge in [-0.05, 0) is 25.0 Å². The van der Waals surface area contributed by atoms with E-state index in [1.165, 1.54) is 12.8 Å². The Balaban J connectivity index is 1.88. The lowest BCUT2D eigenvalue weighted by atomic mass is 9.89. The van der Waals surface area contributed by atoms with Gasteiger partial charge in [-0.2, -0.15) is 5.26 Å². The van der Waals surface area contributed by atoms with E-state index in [1.54, 1.807) is 6.20 Å². The SMILES string of the molecule is N#Cc1ccc(N2CCCC23CNC3)nc1. The molecule has 0 radical (unpaired) electrons. The number of pyridine rings is 1. The quantitative estimate of drug-likeness (QED) is 0.754. The van der Waals surface area contributed by atoms with Crippen LogP contribution in [0.15, 0.2) is 18.3 Å². The lowest BCUT2D eigenvalue weighted by Crippen LogP contribution is -2.66. The summed E-state index contributed by atoms with van der Waals surface area (Å²) in [4.78, 5) is 6.78. The first-order valence-corrected chi connectivity index (χ1v) is 5.69. The normalized spacial score (nSPS) is 21.8. The fourth-order valence-electron chi connectivity index (χ4n) is 2.69. The van der Waals surface area contributed by atoms with Crippen LogP contribution in [0, 0.1) is 11.3 Å². The Hall–Kier alpha value is -1.60. The van der Waals surface area contributed by atoms with Crippen LogP contribution in [0.25, 0.3) is 0 Å². The van der Waals surface area contributed by atoms with Crippen LogP contribution in [0.5, 0.6) is 0 Å². The molecule has 0 atom stereocenters. The summed E-state index contributed by atoms with van der Waals surface area (Å²) in [6, 6.07) is 5.91. The molecule has 0 aliphatic carbocycles. The number of nitriles is 1. The van der Waals surface area contributed by atoms with Gasteiger partial charge in [-0.15, -0.1) is 0 Å². The van der Waals surface area contributed by atoms with Gasteiger partial charge in [0.25, 0.3) is 0 Å². The zero-order chi connectivity index (χ0) is 11.0. The van der Waals surface area contributed by atoms with E-state index < -0.39 is 0 Å². The van der Waals surface area contributed by atoms with Crippen molar-refractivity contribution in [2.24, 2.45) is 0 Å². The first-order chi connectivity index (χ1) is 7.84. The molecule has 2 aliphatic rings. The summed E-state index contributed by atoms with van der Waals surface area (Å²) >= 11 is 0. The van der Waals surface area contributed by atoms with Crippen molar-refractivity contribution >= 4 is 5.82 Å². The second-order valence-corrected chi connectivity index (χ2v) is 4.60. The molecule has 1 aromatic rings. The summed E-state index contributed by atoms with van der Waals surface area (Å²) in [6.07, 6.45) is 4.15. The lowest BCUT2D eigenvalue weighted by molar-refractivity contribution is 0.281. The lowest BCUT2D eigenvalue weighted by Gasteiger charge is -2.47. The second kappa shape index (κ2) is 3.46. The largest absolute Gasteiger partial charge is 0.348 e. The fraction of sp³-hybridized carbons (Fsp3) is 0.500. The molecule has 3 rings (SSSR count). The molecule has 0 bridgehead atoms. The van der Waals surface area contributed by atoms with Crippen molar-refractivity contribution in [3.63, 3.8) is 0 Å². The van der Waals surface area contributed by atoms with E-state index in [0.717, 1.165) is 25.5 Å². The van der Waals surface area contributed by atoms with Gasteiger partial charge in [-0.1, -0.05) is 0 Å². The van der Waals surface area contributed by atoms with Crippen molar-refractivity contribution in [2.45, 2.75) is 18.4 Å². The fourth-order valence-corrected chi connectivity index (χ4v) is 2.69. The van der Waals surface area contributed by atoms with Gasteiger partial charge in [0.05, 0.1) is 11.1 Å². The number of hydrogen-bond acceptors (Lipinski definition) is 4. The van der Waals surface area contributed by atoms with Crippen LogP contribution < -0.4 is 10.2 Å². The summed E-state index contributed by atoms with van der Waals surface area (Å²) in [5.41, 5.74) is 0.935. The van der Waals surface area contributed by atoms with Gasteiger partial charge >= 0.3 is 0 Å². The molecule has 0 amide bonds. The van der Waals surface area contributed by atoms with Crippen molar-refractivity contribution in [3.8, 4) is 6.07 Å². The summed E-state index contributed by atoms with van der Waals surface area (Å²) in [5.74, 6) is 1.01. The maximum absolute atomic E-state index is 8.74. The summed E-state index contributed by atoms with van der Waals surface area (Å²) < 4.78 is 0. The summed E-state index contributed by atoms with van der Waals surface area (Å²) in [5, 5.41) is 12.1. The third-order valence-corrected chi connectivity index (χ3v) is 3.66. The monoisotopic (exact) mass is 214 g/mol. The Morgan fingerprint density at radius 2 is 2.31 bits per heavy atom. The summed E-state index contributed by atoms with van der Waals surface area (Å²) in [7, 11) is 0. The molecule has 0 saturated carbocycles. The Labute approximate surface area is 94.9 Å². The molecule has 0 unspecified atom stereocenters. The first-order valence-electron chi connectivity index (χ1n) is 5.69. The average Bonchev–Trinajstić information content (AvgIpc) is 2.73. The number of aromatic nitrogens is 1.